The molecule has 2 atom stereocenters. The zero-order chi connectivity index (χ0) is 12.4. The Morgan fingerprint density at radius 2 is 2.29 bits per heavy atom. The maximum atomic E-state index is 9.67. The molecule has 1 N–H and O–H groups in total. The van der Waals surface area contributed by atoms with Gasteiger partial charge in [-0.25, -0.2) is 9.97 Å². The predicted octanol–water partition coefficient (Wildman–Crippen LogP) is 1.64. The summed E-state index contributed by atoms with van der Waals surface area (Å²) in [6.45, 7) is 6.47. The summed E-state index contributed by atoms with van der Waals surface area (Å²) in [6.07, 6.45) is 0.647. The largest absolute Gasteiger partial charge is 0.393 e. The number of hydrogen-bond donors (Lipinski definition) is 1. The zero-order valence-corrected chi connectivity index (χ0v) is 11.0. The lowest BCUT2D eigenvalue weighted by atomic mass is 9.97. The van der Waals surface area contributed by atoms with Crippen molar-refractivity contribution in [1.29, 1.82) is 0 Å². The second kappa shape index (κ2) is 5.29. The van der Waals surface area contributed by atoms with Crippen LogP contribution in [0.5, 0.6) is 0 Å². The SMILES string of the molecule is Cc1cc(Cl)nc(CN2CCC(O)C(C)C2)n1. The highest BCUT2D eigenvalue weighted by atomic mass is 35.5. The van der Waals surface area contributed by atoms with Crippen molar-refractivity contribution < 1.29 is 5.11 Å². The van der Waals surface area contributed by atoms with E-state index in [0.717, 1.165) is 31.0 Å². The second-order valence-electron chi connectivity index (χ2n) is 4.82. The van der Waals surface area contributed by atoms with Gasteiger partial charge < -0.3 is 5.11 Å². The summed E-state index contributed by atoms with van der Waals surface area (Å²) < 4.78 is 0. The minimum atomic E-state index is -0.173. The van der Waals surface area contributed by atoms with Gasteiger partial charge in [-0.15, -0.1) is 0 Å². The number of aromatic nitrogens is 2. The fraction of sp³-hybridized carbons (Fsp3) is 0.667. The molecule has 0 bridgehead atoms. The third-order valence-electron chi connectivity index (χ3n) is 3.18. The molecule has 0 aromatic carbocycles. The third-order valence-corrected chi connectivity index (χ3v) is 3.37. The molecule has 2 unspecified atom stereocenters. The van der Waals surface area contributed by atoms with E-state index in [1.165, 1.54) is 0 Å². The van der Waals surface area contributed by atoms with Crippen molar-refractivity contribution in [3.05, 3.63) is 22.7 Å². The van der Waals surface area contributed by atoms with Gasteiger partial charge in [-0.3, -0.25) is 4.90 Å². The topological polar surface area (TPSA) is 49.2 Å². The average molecular weight is 256 g/mol. The second-order valence-corrected chi connectivity index (χ2v) is 5.20. The number of likely N-dealkylation sites (tertiary alicyclic amines) is 1. The van der Waals surface area contributed by atoms with Gasteiger partial charge in [0.05, 0.1) is 12.6 Å². The van der Waals surface area contributed by atoms with Gasteiger partial charge in [-0.2, -0.15) is 0 Å². The van der Waals surface area contributed by atoms with Crippen LogP contribution in [0.1, 0.15) is 24.9 Å². The van der Waals surface area contributed by atoms with Crippen LogP contribution in [-0.4, -0.2) is 39.2 Å². The van der Waals surface area contributed by atoms with Crippen LogP contribution in [-0.2, 0) is 6.54 Å². The summed E-state index contributed by atoms with van der Waals surface area (Å²) >= 11 is 5.91. The quantitative estimate of drug-likeness (QED) is 0.817. The summed E-state index contributed by atoms with van der Waals surface area (Å²) in [5, 5.41) is 10.2. The van der Waals surface area contributed by atoms with Gasteiger partial charge >= 0.3 is 0 Å². The maximum absolute atomic E-state index is 9.67. The van der Waals surface area contributed by atoms with E-state index in [1.807, 2.05) is 6.92 Å². The Hall–Kier alpha value is -0.710. The van der Waals surface area contributed by atoms with Crippen LogP contribution < -0.4 is 0 Å². The van der Waals surface area contributed by atoms with Crippen LogP contribution in [0.15, 0.2) is 6.07 Å². The number of aliphatic hydroxyl groups is 1. The number of halogens is 1. The molecule has 1 aliphatic heterocycles. The first-order chi connectivity index (χ1) is 8.04. The molecule has 1 aromatic heterocycles. The monoisotopic (exact) mass is 255 g/mol. The Morgan fingerprint density at radius 1 is 1.53 bits per heavy atom. The Morgan fingerprint density at radius 3 is 2.94 bits per heavy atom. The molecule has 0 aliphatic carbocycles. The lowest BCUT2D eigenvalue weighted by Gasteiger charge is -2.33. The van der Waals surface area contributed by atoms with Gasteiger partial charge in [0.1, 0.15) is 11.0 Å². The zero-order valence-electron chi connectivity index (χ0n) is 10.2. The van der Waals surface area contributed by atoms with E-state index >= 15 is 0 Å². The lowest BCUT2D eigenvalue weighted by molar-refractivity contribution is 0.0310. The van der Waals surface area contributed by atoms with Gasteiger partial charge in [-0.1, -0.05) is 18.5 Å². The molecule has 0 radical (unpaired) electrons. The van der Waals surface area contributed by atoms with E-state index in [1.54, 1.807) is 6.07 Å². The van der Waals surface area contributed by atoms with E-state index < -0.39 is 0 Å². The lowest BCUT2D eigenvalue weighted by Crippen LogP contribution is -2.41. The molecule has 1 fully saturated rings. The number of aryl methyl sites for hydroxylation is 1. The first-order valence-electron chi connectivity index (χ1n) is 5.95. The Bertz CT molecular complexity index is 379. The molecule has 4 nitrogen and oxygen atoms in total. The molecule has 1 saturated heterocycles. The van der Waals surface area contributed by atoms with E-state index in [0.29, 0.717) is 17.6 Å². The van der Waals surface area contributed by atoms with Crippen LogP contribution in [0, 0.1) is 12.8 Å². The van der Waals surface area contributed by atoms with E-state index in [9.17, 15) is 5.11 Å². The standard InChI is InChI=1S/C12H18ClN3O/c1-8-6-16(4-3-10(8)17)7-12-14-9(2)5-11(13)15-12/h5,8,10,17H,3-4,6-7H2,1-2H3. The molecule has 1 aromatic rings. The number of hydrogen-bond acceptors (Lipinski definition) is 4. The fourth-order valence-electron chi connectivity index (χ4n) is 2.22. The highest BCUT2D eigenvalue weighted by Crippen LogP contribution is 2.18. The fourth-order valence-corrected chi connectivity index (χ4v) is 2.48. The number of rotatable bonds is 2. The number of aliphatic hydroxyl groups excluding tert-OH is 1. The molecule has 2 rings (SSSR count). The van der Waals surface area contributed by atoms with Crippen molar-refractivity contribution in [3.8, 4) is 0 Å². The minimum absolute atomic E-state index is 0.173. The minimum Gasteiger partial charge on any atom is -0.393 e. The highest BCUT2D eigenvalue weighted by molar-refractivity contribution is 6.29. The first-order valence-corrected chi connectivity index (χ1v) is 6.33. The average Bonchev–Trinajstić information content (AvgIpc) is 2.22. The molecular formula is C12H18ClN3O. The molecule has 0 spiro atoms. The molecule has 1 aliphatic rings. The number of piperidine rings is 1. The molecular weight excluding hydrogens is 238 g/mol. The summed E-state index contributed by atoms with van der Waals surface area (Å²) in [5.74, 6) is 1.07. The van der Waals surface area contributed by atoms with Gasteiger partial charge in [0.2, 0.25) is 0 Å². The van der Waals surface area contributed by atoms with E-state index in [2.05, 4.69) is 21.8 Å². The van der Waals surface area contributed by atoms with Crippen LogP contribution in [0.3, 0.4) is 0 Å². The van der Waals surface area contributed by atoms with Crippen molar-refractivity contribution in [3.63, 3.8) is 0 Å². The molecule has 0 amide bonds. The molecule has 5 heteroatoms. The van der Waals surface area contributed by atoms with Crippen molar-refractivity contribution in [1.82, 2.24) is 14.9 Å². The van der Waals surface area contributed by atoms with Crippen molar-refractivity contribution >= 4 is 11.6 Å². The third kappa shape index (κ3) is 3.37. The smallest absolute Gasteiger partial charge is 0.144 e. The summed E-state index contributed by atoms with van der Waals surface area (Å²) in [4.78, 5) is 10.9. The Labute approximate surface area is 107 Å². The van der Waals surface area contributed by atoms with Crippen molar-refractivity contribution in [2.45, 2.75) is 32.9 Å². The van der Waals surface area contributed by atoms with Gasteiger partial charge in [-0.05, 0) is 25.3 Å². The van der Waals surface area contributed by atoms with Crippen molar-refractivity contribution in [2.75, 3.05) is 13.1 Å². The normalized spacial score (nSPS) is 26.1. The van der Waals surface area contributed by atoms with Crippen LogP contribution in [0.2, 0.25) is 5.15 Å². The van der Waals surface area contributed by atoms with E-state index in [-0.39, 0.29) is 6.10 Å². The van der Waals surface area contributed by atoms with Gasteiger partial charge in [0, 0.05) is 18.8 Å². The van der Waals surface area contributed by atoms with E-state index in [4.69, 9.17) is 11.6 Å². The first kappa shape index (κ1) is 12.7. The van der Waals surface area contributed by atoms with Gasteiger partial charge in [0.15, 0.2) is 0 Å². The molecule has 0 saturated carbocycles. The number of nitrogens with zero attached hydrogens (tertiary/aromatic N) is 3. The molecule has 94 valence electrons. The van der Waals surface area contributed by atoms with Crippen LogP contribution in [0.25, 0.3) is 0 Å². The van der Waals surface area contributed by atoms with Crippen LogP contribution >= 0.6 is 11.6 Å². The molecule has 2 heterocycles. The summed E-state index contributed by atoms with van der Waals surface area (Å²) in [5.41, 5.74) is 0.894. The van der Waals surface area contributed by atoms with Crippen molar-refractivity contribution in [2.24, 2.45) is 5.92 Å². The summed E-state index contributed by atoms with van der Waals surface area (Å²) in [6, 6.07) is 1.76. The van der Waals surface area contributed by atoms with Gasteiger partial charge in [0.25, 0.3) is 0 Å². The maximum Gasteiger partial charge on any atom is 0.144 e. The molecule has 17 heavy (non-hydrogen) atoms. The Balaban J connectivity index is 2.01. The van der Waals surface area contributed by atoms with Crippen LogP contribution in [0.4, 0.5) is 0 Å². The predicted molar refractivity (Wildman–Crippen MR) is 66.8 cm³/mol. The summed E-state index contributed by atoms with van der Waals surface area (Å²) in [7, 11) is 0. The Kier molecular flexibility index (Phi) is 3.97. The highest BCUT2D eigenvalue weighted by Gasteiger charge is 2.24.